The average Bonchev–Trinajstić information content (AvgIpc) is 3.72. The van der Waals surface area contributed by atoms with Gasteiger partial charge in [-0.15, -0.1) is 11.3 Å². The van der Waals surface area contributed by atoms with Crippen LogP contribution in [-0.2, 0) is 32.5 Å². The van der Waals surface area contributed by atoms with Crippen LogP contribution in [-0.4, -0.2) is 6.85 Å². The lowest BCUT2D eigenvalue weighted by atomic mass is 9.46. The second-order valence-electron chi connectivity index (χ2n) is 26.7. The van der Waals surface area contributed by atoms with Gasteiger partial charge in [-0.3, -0.25) is 0 Å². The predicted octanol–water partition coefficient (Wildman–Crippen LogP) is 18.2. The molecule has 0 atom stereocenters. The molecule has 2 aliphatic heterocycles. The number of benzene rings is 7. The largest absolute Gasteiger partial charge is 0.376 e. The highest BCUT2D eigenvalue weighted by molar-refractivity contribution is 7.32. The number of hydrogen-bond donors (Lipinski definition) is 0. The van der Waals surface area contributed by atoms with E-state index >= 15 is 0 Å². The molecule has 364 valence electrons. The van der Waals surface area contributed by atoms with Gasteiger partial charge in [0.25, 0.3) is 0 Å². The molecule has 72 heavy (non-hydrogen) atoms. The Morgan fingerprint density at radius 1 is 0.444 bits per heavy atom. The molecule has 0 saturated carbocycles. The fraction of sp³-hybridized carbons (Fsp3) is 0.353. The molecule has 0 radical (unpaired) electrons. The monoisotopic (exact) mass is 961 g/mol. The van der Waals surface area contributed by atoms with Gasteiger partial charge < -0.3 is 9.71 Å². The van der Waals surface area contributed by atoms with Crippen LogP contribution >= 0.6 is 11.3 Å². The molecule has 0 bridgehead atoms. The van der Waals surface area contributed by atoms with Crippen LogP contribution in [0.5, 0.6) is 0 Å². The Kier molecular flexibility index (Phi) is 10.4. The topological polar surface area (TPSA) is 6.48 Å². The minimum Gasteiger partial charge on any atom is -0.376 e. The summed E-state index contributed by atoms with van der Waals surface area (Å²) in [7, 11) is 0. The van der Waals surface area contributed by atoms with Crippen LogP contribution in [0, 0.1) is 0 Å². The minimum atomic E-state index is -0.116. The first-order chi connectivity index (χ1) is 33.9. The number of hydrogen-bond acceptors (Lipinski definition) is 3. The number of fused-ring (bicyclic) bond motifs is 8. The highest BCUT2D eigenvalue weighted by Crippen LogP contribution is 2.56. The molecule has 0 amide bonds. The lowest BCUT2D eigenvalue weighted by Gasteiger charge is -2.47. The van der Waals surface area contributed by atoms with Gasteiger partial charge in [0, 0.05) is 43.1 Å². The second kappa shape index (κ2) is 15.8. The zero-order valence-corrected chi connectivity index (χ0v) is 46.3. The van der Waals surface area contributed by atoms with E-state index in [0.29, 0.717) is 0 Å². The molecule has 0 fully saturated rings. The molecule has 7 aromatic carbocycles. The molecule has 0 spiro atoms. The summed E-state index contributed by atoms with van der Waals surface area (Å²) in [5, 5.41) is 1.36. The third-order valence-corrected chi connectivity index (χ3v) is 19.1. The second-order valence-corrected chi connectivity index (χ2v) is 27.8. The smallest absolute Gasteiger partial charge is 0.343 e. The van der Waals surface area contributed by atoms with Crippen molar-refractivity contribution in [2.24, 2.45) is 0 Å². The van der Waals surface area contributed by atoms with E-state index in [-0.39, 0.29) is 39.3 Å². The average molecular weight is 961 g/mol. The number of anilines is 5. The first-order valence-electron chi connectivity index (χ1n) is 26.9. The lowest BCUT2D eigenvalue weighted by molar-refractivity contribution is 0.332. The van der Waals surface area contributed by atoms with E-state index in [0.717, 1.165) is 0 Å². The maximum Gasteiger partial charge on any atom is 0.343 e. The van der Waals surface area contributed by atoms with E-state index in [9.17, 15) is 0 Å². The standard InChI is InChI=1S/C68H73BN2S/c1-63(2,3)45-26-30-56(49(36-45)43-23-19-16-20-24-43)70-58-38-46(64(4,5)6)37-50-48-28-25-44(42-21-17-15-18-22-42)35-57(48)71(47-27-29-52-53(39-47)66(9,10)32-31-65(52,7)8)69(60(50)58)62-61(70)51-40-54-55(41-59(51)72-62)68(13,14)34-33-67(54,11)12/h15-30,35-41H,31-34H2,1-14H3. The van der Waals surface area contributed by atoms with Crippen molar-refractivity contribution >= 4 is 66.9 Å². The SMILES string of the molecule is CC(C)(C)c1ccc(N2c3cc(C(C)(C)C)cc4c3B(c3sc5cc6c(cc5c32)C(C)(C)CCC6(C)C)N(c2ccc3c(c2)C(C)(C)CCC3(C)C)c2cc(-c3ccccc3)ccc2-4)c(-c2ccccc2)c1. The number of rotatable bonds is 4. The van der Waals surface area contributed by atoms with Gasteiger partial charge in [-0.1, -0.05) is 188 Å². The van der Waals surface area contributed by atoms with Crippen molar-refractivity contribution in [2.45, 2.75) is 155 Å². The van der Waals surface area contributed by atoms with Crippen molar-refractivity contribution in [3.8, 4) is 33.4 Å². The molecule has 2 nitrogen and oxygen atoms in total. The zero-order chi connectivity index (χ0) is 50.7. The molecule has 1 aromatic heterocycles. The van der Waals surface area contributed by atoms with Gasteiger partial charge in [0.05, 0.1) is 11.4 Å². The van der Waals surface area contributed by atoms with E-state index in [1.165, 1.54) is 141 Å². The van der Waals surface area contributed by atoms with E-state index in [1.807, 2.05) is 11.3 Å². The Morgan fingerprint density at radius 3 is 1.64 bits per heavy atom. The van der Waals surface area contributed by atoms with Gasteiger partial charge in [0.15, 0.2) is 0 Å². The maximum atomic E-state index is 2.79. The van der Waals surface area contributed by atoms with E-state index in [2.05, 4.69) is 246 Å². The van der Waals surface area contributed by atoms with Crippen LogP contribution < -0.4 is 20.0 Å². The van der Waals surface area contributed by atoms with E-state index < -0.39 is 0 Å². The van der Waals surface area contributed by atoms with Gasteiger partial charge in [-0.05, 0) is 168 Å². The molecule has 12 rings (SSSR count). The predicted molar refractivity (Wildman–Crippen MR) is 314 cm³/mol. The quantitative estimate of drug-likeness (QED) is 0.162. The summed E-state index contributed by atoms with van der Waals surface area (Å²) in [6.45, 7) is 33.9. The Bertz CT molecular complexity index is 3500. The Morgan fingerprint density at radius 2 is 1.01 bits per heavy atom. The van der Waals surface area contributed by atoms with Crippen LogP contribution in [0.1, 0.15) is 156 Å². The number of thiophene rings is 1. The molecular formula is C68H73BN2S. The molecule has 3 heterocycles. The first kappa shape index (κ1) is 47.2. The van der Waals surface area contributed by atoms with Crippen molar-refractivity contribution in [1.29, 1.82) is 0 Å². The fourth-order valence-corrected chi connectivity index (χ4v) is 14.4. The van der Waals surface area contributed by atoms with Crippen LogP contribution in [0.3, 0.4) is 0 Å². The van der Waals surface area contributed by atoms with E-state index in [4.69, 9.17) is 0 Å². The highest BCUT2D eigenvalue weighted by atomic mass is 32.1. The third kappa shape index (κ3) is 7.31. The number of nitrogens with zero attached hydrogens (tertiary/aromatic N) is 2. The van der Waals surface area contributed by atoms with Gasteiger partial charge in [0.1, 0.15) is 0 Å². The van der Waals surface area contributed by atoms with Crippen molar-refractivity contribution in [3.05, 3.63) is 173 Å². The molecule has 0 unspecified atom stereocenters. The zero-order valence-electron chi connectivity index (χ0n) is 45.5. The van der Waals surface area contributed by atoms with Gasteiger partial charge in [0.2, 0.25) is 0 Å². The summed E-state index contributed by atoms with van der Waals surface area (Å²) in [5.41, 5.74) is 24.2. The third-order valence-electron chi connectivity index (χ3n) is 17.9. The Hall–Kier alpha value is -5.84. The van der Waals surface area contributed by atoms with Gasteiger partial charge >= 0.3 is 6.85 Å². The normalized spacial score (nSPS) is 18.0. The Labute approximate surface area is 435 Å². The van der Waals surface area contributed by atoms with E-state index in [1.54, 1.807) is 0 Å². The summed E-state index contributed by atoms with van der Waals surface area (Å²) in [5.74, 6) is 0. The van der Waals surface area contributed by atoms with Crippen LogP contribution in [0.4, 0.5) is 28.4 Å². The lowest BCUT2D eigenvalue weighted by Crippen LogP contribution is -2.60. The van der Waals surface area contributed by atoms with Gasteiger partial charge in [-0.2, -0.15) is 0 Å². The van der Waals surface area contributed by atoms with Crippen LogP contribution in [0.25, 0.3) is 43.5 Å². The summed E-state index contributed by atoms with van der Waals surface area (Å²) in [6.07, 6.45) is 4.71. The van der Waals surface area contributed by atoms with Crippen molar-refractivity contribution < 1.29 is 0 Å². The highest BCUT2D eigenvalue weighted by Gasteiger charge is 2.49. The van der Waals surface area contributed by atoms with Crippen molar-refractivity contribution in [3.63, 3.8) is 0 Å². The van der Waals surface area contributed by atoms with Crippen LogP contribution in [0.2, 0.25) is 0 Å². The molecule has 4 heteroatoms. The molecular weight excluding hydrogens is 888 g/mol. The molecule has 8 aromatic rings. The summed E-state index contributed by atoms with van der Waals surface area (Å²) >= 11 is 2.05. The fourth-order valence-electron chi connectivity index (χ4n) is 13.1. The molecule has 0 saturated heterocycles. The van der Waals surface area contributed by atoms with Gasteiger partial charge in [-0.25, -0.2) is 0 Å². The first-order valence-corrected chi connectivity index (χ1v) is 27.7. The molecule has 2 aliphatic carbocycles. The summed E-state index contributed by atoms with van der Waals surface area (Å²) < 4.78 is 2.79. The summed E-state index contributed by atoms with van der Waals surface area (Å²) in [4.78, 5) is 5.54. The van der Waals surface area contributed by atoms with Crippen LogP contribution in [0.15, 0.2) is 140 Å². The summed E-state index contributed by atoms with van der Waals surface area (Å²) in [6, 6.07) is 55.0. The van der Waals surface area contributed by atoms with Crippen molar-refractivity contribution in [1.82, 2.24) is 0 Å². The molecule has 4 aliphatic rings. The minimum absolute atomic E-state index is 0.0282. The van der Waals surface area contributed by atoms with Crippen molar-refractivity contribution in [2.75, 3.05) is 9.71 Å². The molecule has 0 N–H and O–H groups in total. The Balaban J connectivity index is 1.25. The maximum absolute atomic E-state index is 2.79.